The number of carbonyl (C=O) groups is 1. The Morgan fingerprint density at radius 1 is 1.21 bits per heavy atom. The zero-order valence-corrected chi connectivity index (χ0v) is 16.5. The predicted molar refractivity (Wildman–Crippen MR) is 114 cm³/mol. The molecule has 2 N–H and O–H groups in total. The molecular weight excluding hydrogens is 364 g/mol. The van der Waals surface area contributed by atoms with Crippen LogP contribution in [0, 0.1) is 0 Å². The van der Waals surface area contributed by atoms with Crippen LogP contribution in [0.1, 0.15) is 23.5 Å². The van der Waals surface area contributed by atoms with Crippen LogP contribution in [0.5, 0.6) is 5.75 Å². The van der Waals surface area contributed by atoms with Crippen molar-refractivity contribution in [3.8, 4) is 5.75 Å². The van der Waals surface area contributed by atoms with E-state index in [0.717, 1.165) is 62.8 Å². The molecule has 0 aliphatic carbocycles. The number of benzene rings is 2. The van der Waals surface area contributed by atoms with E-state index in [2.05, 4.69) is 50.8 Å². The summed E-state index contributed by atoms with van der Waals surface area (Å²) in [6, 6.07) is 13.2. The van der Waals surface area contributed by atoms with Crippen molar-refractivity contribution in [3.05, 3.63) is 47.5 Å². The normalized spacial score (nSPS) is 24.4. The number of hydrogen-bond donors (Lipinski definition) is 2. The van der Waals surface area contributed by atoms with E-state index in [-0.39, 0.29) is 5.91 Å². The highest BCUT2D eigenvalue weighted by atomic mass is 16.5. The fourth-order valence-electron chi connectivity index (χ4n) is 5.58. The summed E-state index contributed by atoms with van der Waals surface area (Å²) >= 11 is 0. The van der Waals surface area contributed by atoms with Crippen LogP contribution in [-0.4, -0.2) is 56.2 Å². The van der Waals surface area contributed by atoms with Crippen molar-refractivity contribution in [3.63, 3.8) is 0 Å². The number of anilines is 3. The smallest absolute Gasteiger partial charge is 0.243 e. The molecule has 2 atom stereocenters. The fourth-order valence-corrected chi connectivity index (χ4v) is 5.58. The summed E-state index contributed by atoms with van der Waals surface area (Å²) in [7, 11) is 0. The number of hydrogen-bond acceptors (Lipinski definition) is 5. The maximum Gasteiger partial charge on any atom is 0.243 e. The van der Waals surface area contributed by atoms with Gasteiger partial charge in [-0.05, 0) is 29.7 Å². The molecule has 2 aromatic rings. The minimum Gasteiger partial charge on any atom is -0.491 e. The van der Waals surface area contributed by atoms with E-state index in [9.17, 15) is 4.79 Å². The Kier molecular flexibility index (Phi) is 3.94. The molecule has 1 fully saturated rings. The van der Waals surface area contributed by atoms with Crippen molar-refractivity contribution in [1.82, 2.24) is 4.90 Å². The van der Waals surface area contributed by atoms with E-state index in [1.165, 1.54) is 16.8 Å². The maximum atomic E-state index is 12.1. The summed E-state index contributed by atoms with van der Waals surface area (Å²) in [5, 5.41) is 6.63. The third-order valence-corrected chi connectivity index (χ3v) is 6.86. The Morgan fingerprint density at radius 3 is 3.10 bits per heavy atom. The molecular formula is C23H26N4O2. The minimum absolute atomic E-state index is 0.111. The summed E-state index contributed by atoms with van der Waals surface area (Å²) < 4.78 is 5.80. The number of rotatable bonds is 4. The second-order valence-electron chi connectivity index (χ2n) is 8.50. The standard InChI is InChI=1S/C23H26N4O2/c28-21-14-27-20-7-10-26(13-17(20)16-4-2-5-18(25-21)22(16)27)11-9-24-19-6-1-3-15-8-12-29-23(15)19/h1-6,17,20,24H,7-14H2,(H,25,28)/t17-,20-/m0/s1. The van der Waals surface area contributed by atoms with Gasteiger partial charge in [-0.2, -0.15) is 0 Å². The average molecular weight is 390 g/mol. The predicted octanol–water partition coefficient (Wildman–Crippen LogP) is 2.66. The molecule has 0 unspecified atom stereocenters. The van der Waals surface area contributed by atoms with Gasteiger partial charge in [0.05, 0.1) is 30.2 Å². The van der Waals surface area contributed by atoms with Crippen LogP contribution in [-0.2, 0) is 11.2 Å². The number of likely N-dealkylation sites (tertiary alicyclic amines) is 1. The molecule has 0 spiro atoms. The lowest BCUT2D eigenvalue weighted by Gasteiger charge is -2.39. The second kappa shape index (κ2) is 6.66. The summed E-state index contributed by atoms with van der Waals surface area (Å²) in [6.45, 7) is 5.34. The highest BCUT2D eigenvalue weighted by Crippen LogP contribution is 2.49. The maximum absolute atomic E-state index is 12.1. The first-order valence-corrected chi connectivity index (χ1v) is 10.7. The molecule has 4 aliphatic rings. The molecule has 4 aliphatic heterocycles. The molecule has 1 amide bonds. The lowest BCUT2D eigenvalue weighted by molar-refractivity contribution is -0.115. The minimum atomic E-state index is 0.111. The summed E-state index contributed by atoms with van der Waals surface area (Å²) in [4.78, 5) is 17.0. The Morgan fingerprint density at radius 2 is 2.14 bits per heavy atom. The third kappa shape index (κ3) is 2.77. The number of nitrogens with one attached hydrogen (secondary N) is 2. The molecule has 1 saturated heterocycles. The van der Waals surface area contributed by atoms with Crippen molar-refractivity contribution in [2.45, 2.75) is 24.8 Å². The molecule has 150 valence electrons. The average Bonchev–Trinajstić information content (AvgIpc) is 3.33. The largest absolute Gasteiger partial charge is 0.491 e. The van der Waals surface area contributed by atoms with Crippen LogP contribution in [0.4, 0.5) is 17.1 Å². The van der Waals surface area contributed by atoms with Gasteiger partial charge in [-0.1, -0.05) is 24.3 Å². The van der Waals surface area contributed by atoms with Crippen molar-refractivity contribution in [1.29, 1.82) is 0 Å². The fraction of sp³-hybridized carbons (Fsp3) is 0.435. The van der Waals surface area contributed by atoms with Crippen LogP contribution in [0.25, 0.3) is 0 Å². The first-order valence-electron chi connectivity index (χ1n) is 10.7. The first kappa shape index (κ1) is 17.2. The molecule has 6 heteroatoms. The monoisotopic (exact) mass is 390 g/mol. The number of fused-ring (bicyclic) bond motifs is 4. The zero-order valence-electron chi connectivity index (χ0n) is 16.5. The number of piperidine rings is 1. The second-order valence-corrected chi connectivity index (χ2v) is 8.50. The van der Waals surface area contributed by atoms with Crippen LogP contribution >= 0.6 is 0 Å². The van der Waals surface area contributed by atoms with Gasteiger partial charge < -0.3 is 25.2 Å². The molecule has 29 heavy (non-hydrogen) atoms. The van der Waals surface area contributed by atoms with E-state index in [0.29, 0.717) is 18.5 Å². The molecule has 0 aromatic heterocycles. The Labute approximate surface area is 170 Å². The van der Waals surface area contributed by atoms with Gasteiger partial charge in [-0.25, -0.2) is 0 Å². The number of carbonyl (C=O) groups excluding carboxylic acids is 1. The lowest BCUT2D eigenvalue weighted by Crippen LogP contribution is -2.49. The van der Waals surface area contributed by atoms with E-state index in [1.54, 1.807) is 0 Å². The van der Waals surface area contributed by atoms with Crippen molar-refractivity contribution >= 4 is 23.0 Å². The Bertz CT molecular complexity index is 975. The summed E-state index contributed by atoms with van der Waals surface area (Å²) in [5.41, 5.74) is 6.08. The molecule has 6 nitrogen and oxygen atoms in total. The van der Waals surface area contributed by atoms with Gasteiger partial charge in [0.25, 0.3) is 0 Å². The molecule has 2 aromatic carbocycles. The summed E-state index contributed by atoms with van der Waals surface area (Å²) in [6.07, 6.45) is 2.12. The number of para-hydroxylation sites is 2. The molecule has 0 radical (unpaired) electrons. The zero-order chi connectivity index (χ0) is 19.4. The third-order valence-electron chi connectivity index (χ3n) is 6.86. The van der Waals surface area contributed by atoms with E-state index in [4.69, 9.17) is 4.74 Å². The molecule has 4 heterocycles. The number of nitrogens with zero attached hydrogens (tertiary/aromatic N) is 2. The molecule has 6 rings (SSSR count). The van der Waals surface area contributed by atoms with Gasteiger partial charge >= 0.3 is 0 Å². The quantitative estimate of drug-likeness (QED) is 0.841. The van der Waals surface area contributed by atoms with Gasteiger partial charge in [0, 0.05) is 44.6 Å². The van der Waals surface area contributed by atoms with E-state index >= 15 is 0 Å². The van der Waals surface area contributed by atoms with Gasteiger partial charge in [-0.15, -0.1) is 0 Å². The van der Waals surface area contributed by atoms with Crippen LogP contribution in [0.3, 0.4) is 0 Å². The van der Waals surface area contributed by atoms with Gasteiger partial charge in [0.1, 0.15) is 5.75 Å². The summed E-state index contributed by atoms with van der Waals surface area (Å²) in [5.74, 6) is 1.63. The highest BCUT2D eigenvalue weighted by molar-refractivity contribution is 6.03. The van der Waals surface area contributed by atoms with Crippen LogP contribution in [0.2, 0.25) is 0 Å². The lowest BCUT2D eigenvalue weighted by atomic mass is 9.89. The van der Waals surface area contributed by atoms with Crippen LogP contribution < -0.4 is 20.3 Å². The molecule has 0 saturated carbocycles. The topological polar surface area (TPSA) is 56.8 Å². The molecule has 0 bridgehead atoms. The van der Waals surface area contributed by atoms with E-state index < -0.39 is 0 Å². The van der Waals surface area contributed by atoms with E-state index in [1.807, 2.05) is 6.07 Å². The van der Waals surface area contributed by atoms with Crippen LogP contribution in [0.15, 0.2) is 36.4 Å². The Balaban J connectivity index is 1.14. The SMILES string of the molecule is O=C1CN2c3c(cccc3[C@@H]3CN(CCNc4cccc5c4OCC5)CC[C@@H]32)N1. The number of ether oxygens (including phenoxy) is 1. The van der Waals surface area contributed by atoms with Crippen molar-refractivity contribution in [2.75, 3.05) is 54.9 Å². The van der Waals surface area contributed by atoms with Crippen molar-refractivity contribution < 1.29 is 9.53 Å². The highest BCUT2D eigenvalue weighted by Gasteiger charge is 2.45. The van der Waals surface area contributed by atoms with Gasteiger partial charge in [0.2, 0.25) is 5.91 Å². The van der Waals surface area contributed by atoms with Crippen molar-refractivity contribution in [2.24, 2.45) is 0 Å². The van der Waals surface area contributed by atoms with Gasteiger partial charge in [0.15, 0.2) is 0 Å². The van der Waals surface area contributed by atoms with Gasteiger partial charge in [-0.3, -0.25) is 4.79 Å². The Hall–Kier alpha value is -2.73. The number of amides is 1. The first-order chi connectivity index (χ1) is 14.3.